The first-order chi connectivity index (χ1) is 9.16. The molecule has 0 fully saturated rings. The Bertz CT molecular complexity index is 590. The number of aliphatic hydroxyl groups is 1. The molecular formula is C17H18O2. The fourth-order valence-electron chi connectivity index (χ4n) is 2.97. The van der Waals surface area contributed by atoms with E-state index in [0.717, 1.165) is 16.9 Å². The molecule has 2 atom stereocenters. The largest absolute Gasteiger partial charge is 0.491 e. The molecule has 0 radical (unpaired) electrons. The lowest BCUT2D eigenvalue weighted by molar-refractivity contribution is 0.0767. The number of ether oxygens (including phenoxy) is 1. The molecule has 2 aromatic carbocycles. The van der Waals surface area contributed by atoms with Gasteiger partial charge < -0.3 is 9.84 Å². The summed E-state index contributed by atoms with van der Waals surface area (Å²) in [5, 5.41) is 10.3. The first-order valence-electron chi connectivity index (χ1n) is 6.64. The van der Waals surface area contributed by atoms with Gasteiger partial charge in [0.1, 0.15) is 12.4 Å². The average molecular weight is 254 g/mol. The van der Waals surface area contributed by atoms with Gasteiger partial charge in [-0.3, -0.25) is 0 Å². The lowest BCUT2D eigenvalue weighted by Gasteiger charge is -2.32. The summed E-state index contributed by atoms with van der Waals surface area (Å²) in [5.74, 6) is 0.919. The third-order valence-electron chi connectivity index (χ3n) is 3.76. The molecule has 0 saturated heterocycles. The minimum absolute atomic E-state index is 0.00514. The Hall–Kier alpha value is -1.80. The predicted molar refractivity (Wildman–Crippen MR) is 75.7 cm³/mol. The lowest BCUT2D eigenvalue weighted by atomic mass is 9.82. The zero-order valence-electron chi connectivity index (χ0n) is 11.3. The zero-order valence-corrected chi connectivity index (χ0v) is 11.3. The van der Waals surface area contributed by atoms with E-state index in [1.54, 1.807) is 0 Å². The maximum atomic E-state index is 10.3. The lowest BCUT2D eigenvalue weighted by Crippen LogP contribution is -2.32. The van der Waals surface area contributed by atoms with E-state index in [4.69, 9.17) is 4.74 Å². The second-order valence-electron chi connectivity index (χ2n) is 5.26. The van der Waals surface area contributed by atoms with Crippen LogP contribution in [0.15, 0.2) is 42.5 Å². The van der Waals surface area contributed by atoms with Crippen LogP contribution >= 0.6 is 0 Å². The Morgan fingerprint density at radius 1 is 1.11 bits per heavy atom. The van der Waals surface area contributed by atoms with Crippen LogP contribution in [0.1, 0.15) is 28.2 Å². The van der Waals surface area contributed by atoms with Gasteiger partial charge in [-0.1, -0.05) is 36.4 Å². The van der Waals surface area contributed by atoms with Gasteiger partial charge in [0, 0.05) is 11.5 Å². The van der Waals surface area contributed by atoms with Crippen molar-refractivity contribution in [1.29, 1.82) is 0 Å². The number of benzene rings is 2. The van der Waals surface area contributed by atoms with E-state index in [1.807, 2.05) is 18.2 Å². The standard InChI is InChI=1S/C17H18O2/c1-11-8-12(2)16-15(9-11)19-10-14(18)17(16)13-6-4-3-5-7-13/h3-9,14,17-18H,10H2,1-2H3/t14-,17+/m1/s1. The molecule has 1 heterocycles. The van der Waals surface area contributed by atoms with Crippen molar-refractivity contribution in [2.24, 2.45) is 0 Å². The van der Waals surface area contributed by atoms with E-state index >= 15 is 0 Å². The third kappa shape index (κ3) is 2.13. The number of aliphatic hydroxyl groups excluding tert-OH is 1. The number of aryl methyl sites for hydroxylation is 2. The van der Waals surface area contributed by atoms with Crippen molar-refractivity contribution in [3.05, 3.63) is 64.7 Å². The topological polar surface area (TPSA) is 29.5 Å². The molecule has 1 aliphatic heterocycles. The monoisotopic (exact) mass is 254 g/mol. The maximum absolute atomic E-state index is 10.3. The molecule has 0 aliphatic carbocycles. The molecule has 0 amide bonds. The van der Waals surface area contributed by atoms with Crippen molar-refractivity contribution in [3.63, 3.8) is 0 Å². The van der Waals surface area contributed by atoms with Crippen LogP contribution in [0.4, 0.5) is 0 Å². The van der Waals surface area contributed by atoms with Crippen LogP contribution in [0, 0.1) is 13.8 Å². The molecule has 2 nitrogen and oxygen atoms in total. The summed E-state index contributed by atoms with van der Waals surface area (Å²) >= 11 is 0. The Kier molecular flexibility index (Phi) is 3.03. The quantitative estimate of drug-likeness (QED) is 0.847. The Morgan fingerprint density at radius 2 is 1.84 bits per heavy atom. The highest BCUT2D eigenvalue weighted by Crippen LogP contribution is 2.40. The van der Waals surface area contributed by atoms with Crippen LogP contribution in [0.2, 0.25) is 0 Å². The van der Waals surface area contributed by atoms with Crippen molar-refractivity contribution < 1.29 is 9.84 Å². The minimum Gasteiger partial charge on any atom is -0.491 e. The molecule has 19 heavy (non-hydrogen) atoms. The summed E-state index contributed by atoms with van der Waals surface area (Å²) in [5.41, 5.74) is 4.64. The Balaban J connectivity index is 2.17. The van der Waals surface area contributed by atoms with E-state index in [2.05, 4.69) is 38.1 Å². The SMILES string of the molecule is Cc1cc(C)c2c(c1)OC[C@@H](O)[C@@H]2c1ccccc1. The van der Waals surface area contributed by atoms with Crippen molar-refractivity contribution >= 4 is 0 Å². The predicted octanol–water partition coefficient (Wildman–Crippen LogP) is 3.19. The van der Waals surface area contributed by atoms with Crippen LogP contribution in [0.5, 0.6) is 5.75 Å². The van der Waals surface area contributed by atoms with E-state index in [1.165, 1.54) is 11.1 Å². The molecule has 2 heteroatoms. The van der Waals surface area contributed by atoms with Gasteiger partial charge in [-0.2, -0.15) is 0 Å². The highest BCUT2D eigenvalue weighted by Gasteiger charge is 2.32. The average Bonchev–Trinajstić information content (AvgIpc) is 2.40. The van der Waals surface area contributed by atoms with E-state index in [9.17, 15) is 5.11 Å². The minimum atomic E-state index is -0.490. The van der Waals surface area contributed by atoms with Crippen LogP contribution in [0.3, 0.4) is 0 Å². The molecule has 98 valence electrons. The van der Waals surface area contributed by atoms with Gasteiger partial charge in [0.25, 0.3) is 0 Å². The second-order valence-corrected chi connectivity index (χ2v) is 5.26. The summed E-state index contributed by atoms with van der Waals surface area (Å²) in [6.07, 6.45) is -0.490. The zero-order chi connectivity index (χ0) is 13.4. The van der Waals surface area contributed by atoms with Crippen molar-refractivity contribution in [2.75, 3.05) is 6.61 Å². The fourth-order valence-corrected chi connectivity index (χ4v) is 2.97. The Labute approximate surface area is 113 Å². The molecule has 1 aliphatic rings. The molecule has 0 unspecified atom stereocenters. The van der Waals surface area contributed by atoms with Crippen molar-refractivity contribution in [3.8, 4) is 5.75 Å². The molecular weight excluding hydrogens is 236 g/mol. The second kappa shape index (κ2) is 4.71. The first-order valence-corrected chi connectivity index (χ1v) is 6.64. The molecule has 0 aromatic heterocycles. The van der Waals surface area contributed by atoms with Gasteiger partial charge in [0.2, 0.25) is 0 Å². The maximum Gasteiger partial charge on any atom is 0.123 e. The van der Waals surface area contributed by atoms with Crippen LogP contribution < -0.4 is 4.74 Å². The van der Waals surface area contributed by atoms with Crippen LogP contribution in [-0.4, -0.2) is 17.8 Å². The normalized spacial score (nSPS) is 21.6. The fraction of sp³-hybridized carbons (Fsp3) is 0.294. The first kappa shape index (κ1) is 12.2. The third-order valence-corrected chi connectivity index (χ3v) is 3.76. The highest BCUT2D eigenvalue weighted by molar-refractivity contribution is 5.51. The highest BCUT2D eigenvalue weighted by atomic mass is 16.5. The molecule has 0 bridgehead atoms. The van der Waals surface area contributed by atoms with E-state index < -0.39 is 6.10 Å². The smallest absolute Gasteiger partial charge is 0.123 e. The van der Waals surface area contributed by atoms with Crippen LogP contribution in [0.25, 0.3) is 0 Å². The van der Waals surface area contributed by atoms with Crippen molar-refractivity contribution in [1.82, 2.24) is 0 Å². The molecule has 3 rings (SSSR count). The Morgan fingerprint density at radius 3 is 2.58 bits per heavy atom. The number of rotatable bonds is 1. The van der Waals surface area contributed by atoms with Gasteiger partial charge in [0.15, 0.2) is 0 Å². The molecule has 1 N–H and O–H groups in total. The van der Waals surface area contributed by atoms with Gasteiger partial charge >= 0.3 is 0 Å². The summed E-state index contributed by atoms with van der Waals surface area (Å²) in [7, 11) is 0. The molecule has 0 spiro atoms. The van der Waals surface area contributed by atoms with Gasteiger partial charge in [0.05, 0.1) is 6.10 Å². The number of hydrogen-bond donors (Lipinski definition) is 1. The van der Waals surface area contributed by atoms with Gasteiger partial charge in [-0.05, 0) is 36.6 Å². The van der Waals surface area contributed by atoms with E-state index in [0.29, 0.717) is 6.61 Å². The summed E-state index contributed by atoms with van der Waals surface area (Å²) < 4.78 is 5.70. The van der Waals surface area contributed by atoms with Gasteiger partial charge in [-0.25, -0.2) is 0 Å². The number of hydrogen-bond acceptors (Lipinski definition) is 2. The van der Waals surface area contributed by atoms with Crippen LogP contribution in [-0.2, 0) is 0 Å². The summed E-state index contributed by atoms with van der Waals surface area (Å²) in [6.45, 7) is 4.51. The summed E-state index contributed by atoms with van der Waals surface area (Å²) in [6, 6.07) is 14.4. The molecule has 0 saturated carbocycles. The summed E-state index contributed by atoms with van der Waals surface area (Å²) in [4.78, 5) is 0. The molecule has 2 aromatic rings. The number of fused-ring (bicyclic) bond motifs is 1. The van der Waals surface area contributed by atoms with Gasteiger partial charge in [-0.15, -0.1) is 0 Å². The van der Waals surface area contributed by atoms with E-state index in [-0.39, 0.29) is 5.92 Å². The van der Waals surface area contributed by atoms with Crippen molar-refractivity contribution in [2.45, 2.75) is 25.9 Å².